The number of amides is 1. The largest absolute Gasteiger partial charge is 0.497 e. The standard InChI is InChI=1S/C21H21N3O6/c1-30-17-10-8-14(9-11-17)18-13-19(15-4-2-5-16(12-15)24(28)29)23(22-18)20(25)6-3-7-21(26)27/h2,4-5,8-12,19H,3,6-7,13H2,1H3,(H,26,27)/t19-/m0/s1. The Labute approximate surface area is 172 Å². The average Bonchev–Trinajstić information content (AvgIpc) is 3.19. The Kier molecular flexibility index (Phi) is 6.41. The second-order valence-electron chi connectivity index (χ2n) is 6.83. The van der Waals surface area contributed by atoms with Crippen LogP contribution in [0.15, 0.2) is 53.6 Å². The summed E-state index contributed by atoms with van der Waals surface area (Å²) in [6.07, 6.45) is 0.491. The highest BCUT2D eigenvalue weighted by atomic mass is 16.6. The van der Waals surface area contributed by atoms with Crippen LogP contribution in [0.3, 0.4) is 0 Å². The van der Waals surface area contributed by atoms with Crippen molar-refractivity contribution in [3.05, 3.63) is 69.8 Å². The monoisotopic (exact) mass is 411 g/mol. The Morgan fingerprint density at radius 2 is 1.97 bits per heavy atom. The first-order valence-electron chi connectivity index (χ1n) is 9.39. The fraction of sp³-hybridized carbons (Fsp3) is 0.286. The molecule has 0 aromatic heterocycles. The first-order valence-corrected chi connectivity index (χ1v) is 9.39. The van der Waals surface area contributed by atoms with Crippen LogP contribution in [0.2, 0.25) is 0 Å². The smallest absolute Gasteiger partial charge is 0.303 e. The number of carboxylic acids is 1. The molecular weight excluding hydrogens is 390 g/mol. The molecule has 9 nitrogen and oxygen atoms in total. The lowest BCUT2D eigenvalue weighted by Gasteiger charge is -2.22. The molecule has 1 aliphatic heterocycles. The first-order chi connectivity index (χ1) is 14.4. The molecule has 1 N–H and O–H groups in total. The number of methoxy groups -OCH3 is 1. The molecule has 0 spiro atoms. The number of benzene rings is 2. The van der Waals surface area contributed by atoms with Crippen LogP contribution in [0, 0.1) is 10.1 Å². The molecule has 2 aromatic rings. The summed E-state index contributed by atoms with van der Waals surface area (Å²) >= 11 is 0. The van der Waals surface area contributed by atoms with E-state index in [2.05, 4.69) is 5.10 Å². The van der Waals surface area contributed by atoms with Crippen LogP contribution in [0.1, 0.15) is 42.9 Å². The van der Waals surface area contributed by atoms with Gasteiger partial charge in [-0.1, -0.05) is 12.1 Å². The zero-order chi connectivity index (χ0) is 21.7. The summed E-state index contributed by atoms with van der Waals surface area (Å²) < 4.78 is 5.16. The predicted octanol–water partition coefficient (Wildman–Crippen LogP) is 3.54. The minimum atomic E-state index is -0.970. The van der Waals surface area contributed by atoms with Crippen molar-refractivity contribution < 1.29 is 24.4 Å². The van der Waals surface area contributed by atoms with Gasteiger partial charge in [-0.15, -0.1) is 0 Å². The van der Waals surface area contributed by atoms with Gasteiger partial charge in [0.25, 0.3) is 5.69 Å². The average molecular weight is 411 g/mol. The topological polar surface area (TPSA) is 122 Å². The number of non-ortho nitro benzene ring substituents is 1. The van der Waals surface area contributed by atoms with Crippen LogP contribution in [0.5, 0.6) is 5.75 Å². The number of carboxylic acid groups (broad SMARTS) is 1. The third-order valence-electron chi connectivity index (χ3n) is 4.84. The van der Waals surface area contributed by atoms with E-state index in [1.807, 2.05) is 12.1 Å². The number of nitrogens with zero attached hydrogens (tertiary/aromatic N) is 3. The molecule has 0 bridgehead atoms. The second kappa shape index (κ2) is 9.17. The normalized spacial score (nSPS) is 15.6. The highest BCUT2D eigenvalue weighted by molar-refractivity contribution is 6.03. The van der Waals surface area contributed by atoms with E-state index in [-0.39, 0.29) is 30.9 Å². The van der Waals surface area contributed by atoms with E-state index in [0.717, 1.165) is 5.56 Å². The molecule has 0 saturated carbocycles. The molecule has 1 atom stereocenters. The van der Waals surface area contributed by atoms with Crippen LogP contribution in [0.25, 0.3) is 0 Å². The van der Waals surface area contributed by atoms with Crippen LogP contribution in [0.4, 0.5) is 5.69 Å². The molecule has 1 amide bonds. The summed E-state index contributed by atoms with van der Waals surface area (Å²) in [5, 5.41) is 25.8. The number of rotatable bonds is 8. The number of hydrazone groups is 1. The van der Waals surface area contributed by atoms with Gasteiger partial charge >= 0.3 is 5.97 Å². The summed E-state index contributed by atoms with van der Waals surface area (Å²) in [6, 6.07) is 12.9. The molecule has 1 aliphatic rings. The van der Waals surface area contributed by atoms with Gasteiger partial charge in [-0.2, -0.15) is 5.10 Å². The van der Waals surface area contributed by atoms with Crippen molar-refractivity contribution >= 4 is 23.3 Å². The maximum atomic E-state index is 12.8. The zero-order valence-corrected chi connectivity index (χ0v) is 16.4. The lowest BCUT2D eigenvalue weighted by atomic mass is 9.98. The molecule has 156 valence electrons. The van der Waals surface area contributed by atoms with Crippen LogP contribution < -0.4 is 4.74 Å². The van der Waals surface area contributed by atoms with Crippen LogP contribution in [-0.2, 0) is 9.59 Å². The minimum absolute atomic E-state index is 0.0249. The van der Waals surface area contributed by atoms with E-state index in [4.69, 9.17) is 9.84 Å². The number of carbonyl (C=O) groups is 2. The summed E-state index contributed by atoms with van der Waals surface area (Å²) in [5.74, 6) is -0.604. The molecule has 9 heteroatoms. The van der Waals surface area contributed by atoms with Crippen LogP contribution >= 0.6 is 0 Å². The third-order valence-corrected chi connectivity index (χ3v) is 4.84. The number of nitro groups is 1. The van der Waals surface area contributed by atoms with Crippen molar-refractivity contribution in [1.82, 2.24) is 5.01 Å². The lowest BCUT2D eigenvalue weighted by molar-refractivity contribution is -0.385. The number of ether oxygens (including phenoxy) is 1. The van der Waals surface area contributed by atoms with Gasteiger partial charge in [0.05, 0.1) is 23.8 Å². The van der Waals surface area contributed by atoms with E-state index >= 15 is 0 Å². The highest BCUT2D eigenvalue weighted by Gasteiger charge is 2.33. The predicted molar refractivity (Wildman–Crippen MR) is 108 cm³/mol. The molecular formula is C21H21N3O6. The number of nitro benzene ring substituents is 1. The van der Waals surface area contributed by atoms with Gasteiger partial charge in [-0.3, -0.25) is 19.7 Å². The van der Waals surface area contributed by atoms with Gasteiger partial charge in [0.1, 0.15) is 5.75 Å². The summed E-state index contributed by atoms with van der Waals surface area (Å²) in [6.45, 7) is 0. The van der Waals surface area contributed by atoms with Gasteiger partial charge in [0.15, 0.2) is 0 Å². The Bertz CT molecular complexity index is 986. The first kappa shape index (κ1) is 21.0. The number of hydrogen-bond acceptors (Lipinski definition) is 6. The highest BCUT2D eigenvalue weighted by Crippen LogP contribution is 2.35. The van der Waals surface area contributed by atoms with Crippen molar-refractivity contribution in [3.8, 4) is 5.75 Å². The molecule has 0 saturated heterocycles. The molecule has 0 unspecified atom stereocenters. The Hall–Kier alpha value is -3.75. The van der Waals surface area contributed by atoms with E-state index in [0.29, 0.717) is 23.4 Å². The molecule has 1 heterocycles. The molecule has 3 rings (SSSR count). The maximum Gasteiger partial charge on any atom is 0.303 e. The fourth-order valence-electron chi connectivity index (χ4n) is 3.31. The number of carbonyl (C=O) groups excluding carboxylic acids is 1. The van der Waals surface area contributed by atoms with E-state index in [1.165, 1.54) is 17.1 Å². The van der Waals surface area contributed by atoms with E-state index in [9.17, 15) is 19.7 Å². The van der Waals surface area contributed by atoms with Gasteiger partial charge < -0.3 is 9.84 Å². The van der Waals surface area contributed by atoms with Crippen molar-refractivity contribution in [2.75, 3.05) is 7.11 Å². The van der Waals surface area contributed by atoms with Crippen LogP contribution in [-0.4, -0.2) is 39.7 Å². The van der Waals surface area contributed by atoms with Crippen molar-refractivity contribution in [2.24, 2.45) is 5.10 Å². The minimum Gasteiger partial charge on any atom is -0.497 e. The Morgan fingerprint density at radius 1 is 1.23 bits per heavy atom. The molecule has 0 radical (unpaired) electrons. The van der Waals surface area contributed by atoms with Crippen molar-refractivity contribution in [1.29, 1.82) is 0 Å². The Morgan fingerprint density at radius 3 is 2.60 bits per heavy atom. The summed E-state index contributed by atoms with van der Waals surface area (Å²) in [5.41, 5.74) is 2.01. The van der Waals surface area contributed by atoms with E-state index in [1.54, 1.807) is 31.4 Å². The van der Waals surface area contributed by atoms with Gasteiger partial charge in [0, 0.05) is 31.4 Å². The lowest BCUT2D eigenvalue weighted by Crippen LogP contribution is -2.27. The van der Waals surface area contributed by atoms with E-state index < -0.39 is 16.9 Å². The Balaban J connectivity index is 1.89. The summed E-state index contributed by atoms with van der Waals surface area (Å²) in [7, 11) is 1.57. The summed E-state index contributed by atoms with van der Waals surface area (Å²) in [4.78, 5) is 34.2. The van der Waals surface area contributed by atoms with Crippen molar-refractivity contribution in [3.63, 3.8) is 0 Å². The molecule has 30 heavy (non-hydrogen) atoms. The van der Waals surface area contributed by atoms with Crippen molar-refractivity contribution in [2.45, 2.75) is 31.7 Å². The number of hydrogen-bond donors (Lipinski definition) is 1. The zero-order valence-electron chi connectivity index (χ0n) is 16.4. The third kappa shape index (κ3) is 4.80. The SMILES string of the molecule is COc1ccc(C2=NN(C(=O)CCCC(=O)O)[C@H](c3cccc([N+](=O)[O-])c3)C2)cc1. The molecule has 2 aromatic carbocycles. The van der Waals surface area contributed by atoms with Gasteiger partial charge in [-0.05, 0) is 41.8 Å². The molecule has 0 aliphatic carbocycles. The quantitative estimate of drug-likeness (QED) is 0.524. The second-order valence-corrected chi connectivity index (χ2v) is 6.83. The molecule has 0 fully saturated rings. The maximum absolute atomic E-state index is 12.8. The van der Waals surface area contributed by atoms with Gasteiger partial charge in [0.2, 0.25) is 5.91 Å². The fourth-order valence-corrected chi connectivity index (χ4v) is 3.31. The van der Waals surface area contributed by atoms with Gasteiger partial charge in [-0.25, -0.2) is 5.01 Å². The number of aliphatic carboxylic acids is 1.